The summed E-state index contributed by atoms with van der Waals surface area (Å²) >= 11 is 0. The van der Waals surface area contributed by atoms with Gasteiger partial charge in [0.25, 0.3) is 0 Å². The molecule has 0 saturated heterocycles. The van der Waals surface area contributed by atoms with Crippen molar-refractivity contribution in [1.29, 1.82) is 0 Å². The van der Waals surface area contributed by atoms with Gasteiger partial charge in [0.2, 0.25) is 0 Å². The summed E-state index contributed by atoms with van der Waals surface area (Å²) in [6, 6.07) is -1.19. The van der Waals surface area contributed by atoms with Crippen LogP contribution in [0, 0.1) is 0 Å². The molecule has 1 unspecified atom stereocenters. The van der Waals surface area contributed by atoms with Crippen LogP contribution in [0.1, 0.15) is 68.2 Å². The molecule has 0 aliphatic heterocycles. The standard InChI is InChI=1S/C18H31NO7/c1-9-24-14(21)11-10-13(12(2)20)19(15(22)25-17(3,4)5)16(23)26-18(6,7)8/h13H,9-11H2,1-8H3. The van der Waals surface area contributed by atoms with Crippen LogP contribution < -0.4 is 0 Å². The number of nitrogens with zero attached hydrogens (tertiary/aromatic N) is 1. The largest absolute Gasteiger partial charge is 0.466 e. The number of carbonyl (C=O) groups is 4. The van der Waals surface area contributed by atoms with E-state index in [1.807, 2.05) is 0 Å². The quantitative estimate of drug-likeness (QED) is 0.519. The zero-order valence-corrected chi connectivity index (χ0v) is 17.0. The number of ketones is 1. The molecule has 8 nitrogen and oxygen atoms in total. The van der Waals surface area contributed by atoms with Gasteiger partial charge in [0, 0.05) is 6.42 Å². The molecule has 0 spiro atoms. The van der Waals surface area contributed by atoms with Crippen LogP contribution in [0.15, 0.2) is 0 Å². The van der Waals surface area contributed by atoms with Crippen LogP contribution in [0.25, 0.3) is 0 Å². The molecule has 1 atom stereocenters. The van der Waals surface area contributed by atoms with E-state index in [-0.39, 0.29) is 19.4 Å². The van der Waals surface area contributed by atoms with Crippen molar-refractivity contribution < 1.29 is 33.4 Å². The van der Waals surface area contributed by atoms with E-state index in [9.17, 15) is 19.2 Å². The first-order valence-electron chi connectivity index (χ1n) is 8.59. The van der Waals surface area contributed by atoms with Crippen LogP contribution in [0.5, 0.6) is 0 Å². The zero-order valence-electron chi connectivity index (χ0n) is 17.0. The molecular formula is C18H31NO7. The number of rotatable bonds is 6. The lowest BCUT2D eigenvalue weighted by molar-refractivity contribution is -0.143. The Balaban J connectivity index is 5.59. The maximum absolute atomic E-state index is 12.5. The summed E-state index contributed by atoms with van der Waals surface area (Å²) in [5.74, 6) is -0.988. The van der Waals surface area contributed by atoms with E-state index in [0.29, 0.717) is 4.90 Å². The second-order valence-electron chi connectivity index (χ2n) is 7.80. The average molecular weight is 373 g/mol. The fourth-order valence-corrected chi connectivity index (χ4v) is 1.95. The molecule has 0 aliphatic rings. The second-order valence-corrected chi connectivity index (χ2v) is 7.80. The molecule has 0 aliphatic carbocycles. The van der Waals surface area contributed by atoms with Gasteiger partial charge in [-0.05, 0) is 61.8 Å². The molecule has 2 amide bonds. The molecule has 0 aromatic rings. The Labute approximate surface area is 155 Å². The number of carbonyl (C=O) groups excluding carboxylic acids is 4. The Kier molecular flexibility index (Phi) is 8.76. The molecule has 0 fully saturated rings. The van der Waals surface area contributed by atoms with Crippen LogP contribution in [0.3, 0.4) is 0 Å². The number of hydrogen-bond donors (Lipinski definition) is 0. The molecule has 0 rings (SSSR count). The highest BCUT2D eigenvalue weighted by molar-refractivity contribution is 5.95. The summed E-state index contributed by atoms with van der Waals surface area (Å²) in [6.07, 6.45) is -2.21. The predicted octanol–water partition coefficient (Wildman–Crippen LogP) is 3.46. The molecule has 0 bridgehead atoms. The first-order valence-corrected chi connectivity index (χ1v) is 8.59. The molecule has 0 saturated carbocycles. The van der Waals surface area contributed by atoms with Gasteiger partial charge in [0.1, 0.15) is 17.2 Å². The second kappa shape index (κ2) is 9.54. The topological polar surface area (TPSA) is 99.2 Å². The number of hydrogen-bond acceptors (Lipinski definition) is 7. The van der Waals surface area contributed by atoms with Gasteiger partial charge < -0.3 is 14.2 Å². The third kappa shape index (κ3) is 9.39. The zero-order chi connectivity index (χ0) is 20.7. The van der Waals surface area contributed by atoms with Crippen molar-refractivity contribution in [2.24, 2.45) is 0 Å². The molecule has 8 heteroatoms. The Morgan fingerprint density at radius 3 is 1.62 bits per heavy atom. The van der Waals surface area contributed by atoms with Crippen LogP contribution >= 0.6 is 0 Å². The van der Waals surface area contributed by atoms with Crippen LogP contribution in [-0.4, -0.2) is 52.7 Å². The molecular weight excluding hydrogens is 342 g/mol. The lowest BCUT2D eigenvalue weighted by Gasteiger charge is -2.32. The van der Waals surface area contributed by atoms with Crippen molar-refractivity contribution in [2.45, 2.75) is 85.5 Å². The number of imide groups is 1. The summed E-state index contributed by atoms with van der Waals surface area (Å²) in [5, 5.41) is 0. The van der Waals surface area contributed by atoms with E-state index < -0.39 is 41.2 Å². The van der Waals surface area contributed by atoms with E-state index in [0.717, 1.165) is 0 Å². The van der Waals surface area contributed by atoms with Gasteiger partial charge in [-0.3, -0.25) is 9.59 Å². The van der Waals surface area contributed by atoms with Crippen molar-refractivity contribution in [3.8, 4) is 0 Å². The first-order chi connectivity index (χ1) is 11.7. The first kappa shape index (κ1) is 23.9. The Hall–Kier alpha value is -2.12. The van der Waals surface area contributed by atoms with E-state index >= 15 is 0 Å². The van der Waals surface area contributed by atoms with Gasteiger partial charge >= 0.3 is 18.2 Å². The van der Waals surface area contributed by atoms with E-state index in [1.165, 1.54) is 6.92 Å². The van der Waals surface area contributed by atoms with E-state index in [2.05, 4.69) is 0 Å². The highest BCUT2D eigenvalue weighted by atomic mass is 16.6. The highest BCUT2D eigenvalue weighted by Crippen LogP contribution is 2.19. The fourth-order valence-electron chi connectivity index (χ4n) is 1.95. The number of esters is 1. The van der Waals surface area contributed by atoms with Gasteiger partial charge in [-0.25, -0.2) is 14.5 Å². The summed E-state index contributed by atoms with van der Waals surface area (Å²) in [7, 11) is 0. The number of amides is 2. The van der Waals surface area contributed by atoms with Crippen molar-refractivity contribution >= 4 is 23.9 Å². The van der Waals surface area contributed by atoms with Crippen LogP contribution in [-0.2, 0) is 23.8 Å². The third-order valence-corrected chi connectivity index (χ3v) is 2.89. The van der Waals surface area contributed by atoms with Crippen molar-refractivity contribution in [3.63, 3.8) is 0 Å². The van der Waals surface area contributed by atoms with Crippen molar-refractivity contribution in [1.82, 2.24) is 4.90 Å². The Bertz CT molecular complexity index is 501. The van der Waals surface area contributed by atoms with Crippen LogP contribution in [0.4, 0.5) is 9.59 Å². The molecule has 0 aromatic heterocycles. The smallest absolute Gasteiger partial charge is 0.420 e. The molecule has 0 aromatic carbocycles. The molecule has 0 N–H and O–H groups in total. The van der Waals surface area contributed by atoms with Crippen molar-refractivity contribution in [3.05, 3.63) is 0 Å². The predicted molar refractivity (Wildman–Crippen MR) is 94.6 cm³/mol. The SMILES string of the molecule is CCOC(=O)CCC(C(C)=O)N(C(=O)OC(C)(C)C)C(=O)OC(C)(C)C. The van der Waals surface area contributed by atoms with E-state index in [1.54, 1.807) is 48.5 Å². The maximum Gasteiger partial charge on any atom is 0.420 e. The Morgan fingerprint density at radius 1 is 0.885 bits per heavy atom. The minimum Gasteiger partial charge on any atom is -0.466 e. The summed E-state index contributed by atoms with van der Waals surface area (Å²) in [5.41, 5.74) is -1.75. The Morgan fingerprint density at radius 2 is 1.31 bits per heavy atom. The van der Waals surface area contributed by atoms with Crippen molar-refractivity contribution in [2.75, 3.05) is 6.61 Å². The maximum atomic E-state index is 12.5. The normalized spacial score (nSPS) is 12.8. The number of Topliss-reactive ketones (excluding diaryl/α,β-unsaturated/α-hetero) is 1. The summed E-state index contributed by atoms with van der Waals surface area (Å²) in [4.78, 5) is 49.4. The fraction of sp³-hybridized carbons (Fsp3) is 0.778. The molecule has 26 heavy (non-hydrogen) atoms. The molecule has 0 heterocycles. The van der Waals surface area contributed by atoms with Gasteiger partial charge in [-0.2, -0.15) is 0 Å². The average Bonchev–Trinajstić information content (AvgIpc) is 2.38. The van der Waals surface area contributed by atoms with Gasteiger partial charge in [0.05, 0.1) is 6.61 Å². The molecule has 150 valence electrons. The minimum atomic E-state index is -1.19. The van der Waals surface area contributed by atoms with E-state index in [4.69, 9.17) is 14.2 Å². The van der Waals surface area contributed by atoms with Crippen LogP contribution in [0.2, 0.25) is 0 Å². The minimum absolute atomic E-state index is 0.0767. The lowest BCUT2D eigenvalue weighted by Crippen LogP contribution is -2.51. The van der Waals surface area contributed by atoms with Gasteiger partial charge in [-0.15, -0.1) is 0 Å². The monoisotopic (exact) mass is 373 g/mol. The van der Waals surface area contributed by atoms with Gasteiger partial charge in [-0.1, -0.05) is 0 Å². The molecule has 0 radical (unpaired) electrons. The summed E-state index contributed by atoms with van der Waals surface area (Å²) < 4.78 is 15.3. The lowest BCUT2D eigenvalue weighted by atomic mass is 10.1. The number of ether oxygens (including phenoxy) is 3. The summed E-state index contributed by atoms with van der Waals surface area (Å²) in [6.45, 7) is 12.9. The third-order valence-electron chi connectivity index (χ3n) is 2.89. The highest BCUT2D eigenvalue weighted by Gasteiger charge is 2.39. The van der Waals surface area contributed by atoms with Gasteiger partial charge in [0.15, 0.2) is 5.78 Å².